The van der Waals surface area contributed by atoms with Crippen LogP contribution in [0.2, 0.25) is 0 Å². The monoisotopic (exact) mass is 155 g/mol. The van der Waals surface area contributed by atoms with E-state index in [2.05, 4.69) is 6.92 Å². The molecule has 0 spiro atoms. The second-order valence-electron chi connectivity index (χ2n) is 2.62. The number of nitrogens with two attached hydrogens (primary N) is 1. The molecule has 0 bridgehead atoms. The van der Waals surface area contributed by atoms with Crippen molar-refractivity contribution in [3.63, 3.8) is 0 Å². The summed E-state index contributed by atoms with van der Waals surface area (Å²) >= 11 is 0. The number of rotatable bonds is 5. The van der Waals surface area contributed by atoms with Crippen molar-refractivity contribution >= 4 is 5.78 Å². The number of unbranched alkanes of at least 4 members (excludes halogenated alkanes) is 2. The van der Waals surface area contributed by atoms with Gasteiger partial charge in [0.1, 0.15) is 0 Å². The van der Waals surface area contributed by atoms with Crippen LogP contribution in [0, 0.1) is 0 Å². The summed E-state index contributed by atoms with van der Waals surface area (Å²) in [6, 6.07) is 0. The standard InChI is InChI=1S/C9H17NO/c1-3-5-6-7-9(11)8(10)4-2/h4H,3,5-7,10H2,1-2H3. The lowest BCUT2D eigenvalue weighted by Crippen LogP contribution is -2.10. The maximum absolute atomic E-state index is 11.1. The predicted molar refractivity (Wildman–Crippen MR) is 47.1 cm³/mol. The normalized spacial score (nSPS) is 11.6. The lowest BCUT2D eigenvalue weighted by Gasteiger charge is -1.98. The van der Waals surface area contributed by atoms with Crippen molar-refractivity contribution in [1.29, 1.82) is 0 Å². The molecule has 0 aromatic carbocycles. The predicted octanol–water partition coefficient (Wildman–Crippen LogP) is 2.00. The second-order valence-corrected chi connectivity index (χ2v) is 2.62. The number of hydrogen-bond acceptors (Lipinski definition) is 2. The van der Waals surface area contributed by atoms with Crippen molar-refractivity contribution < 1.29 is 4.79 Å². The molecule has 0 aromatic heterocycles. The first-order valence-corrected chi connectivity index (χ1v) is 4.17. The Hall–Kier alpha value is -0.790. The van der Waals surface area contributed by atoms with Crippen LogP contribution in [0.15, 0.2) is 11.8 Å². The Kier molecular flexibility index (Phi) is 5.53. The minimum Gasteiger partial charge on any atom is -0.396 e. The van der Waals surface area contributed by atoms with Gasteiger partial charge in [-0.05, 0) is 13.3 Å². The highest BCUT2D eigenvalue weighted by Gasteiger charge is 2.02. The van der Waals surface area contributed by atoms with Gasteiger partial charge >= 0.3 is 0 Å². The summed E-state index contributed by atoms with van der Waals surface area (Å²) in [7, 11) is 0. The molecule has 0 radical (unpaired) electrons. The Morgan fingerprint density at radius 2 is 2.09 bits per heavy atom. The molecule has 2 heteroatoms. The average molecular weight is 155 g/mol. The van der Waals surface area contributed by atoms with E-state index in [1.54, 1.807) is 13.0 Å². The molecule has 0 fully saturated rings. The summed E-state index contributed by atoms with van der Waals surface area (Å²) in [6.45, 7) is 3.90. The van der Waals surface area contributed by atoms with Gasteiger partial charge in [-0.2, -0.15) is 0 Å². The smallest absolute Gasteiger partial charge is 0.178 e. The maximum Gasteiger partial charge on any atom is 0.178 e. The summed E-state index contributed by atoms with van der Waals surface area (Å²) in [4.78, 5) is 11.1. The maximum atomic E-state index is 11.1. The molecule has 0 atom stereocenters. The van der Waals surface area contributed by atoms with Crippen LogP contribution in [-0.4, -0.2) is 5.78 Å². The summed E-state index contributed by atoms with van der Waals surface area (Å²) in [5.41, 5.74) is 5.81. The van der Waals surface area contributed by atoms with Crippen LogP contribution in [0.3, 0.4) is 0 Å². The Balaban J connectivity index is 3.53. The molecule has 0 aliphatic rings. The van der Waals surface area contributed by atoms with E-state index in [1.165, 1.54) is 0 Å². The van der Waals surface area contributed by atoms with E-state index >= 15 is 0 Å². The minimum atomic E-state index is 0.0842. The summed E-state index contributed by atoms with van der Waals surface area (Å²) < 4.78 is 0. The fraction of sp³-hybridized carbons (Fsp3) is 0.667. The van der Waals surface area contributed by atoms with Crippen molar-refractivity contribution in [3.8, 4) is 0 Å². The third-order valence-electron chi connectivity index (χ3n) is 1.64. The van der Waals surface area contributed by atoms with Gasteiger partial charge in [-0.25, -0.2) is 0 Å². The second kappa shape index (κ2) is 5.96. The van der Waals surface area contributed by atoms with Gasteiger partial charge in [-0.1, -0.05) is 25.8 Å². The quantitative estimate of drug-likeness (QED) is 0.487. The molecule has 0 heterocycles. The van der Waals surface area contributed by atoms with Gasteiger partial charge in [0.15, 0.2) is 5.78 Å². The summed E-state index contributed by atoms with van der Waals surface area (Å²) in [5.74, 6) is 0.0842. The molecule has 0 amide bonds. The van der Waals surface area contributed by atoms with Gasteiger partial charge in [-0.15, -0.1) is 0 Å². The molecule has 0 unspecified atom stereocenters. The largest absolute Gasteiger partial charge is 0.396 e. The van der Waals surface area contributed by atoms with E-state index in [0.29, 0.717) is 12.1 Å². The van der Waals surface area contributed by atoms with Gasteiger partial charge in [0.05, 0.1) is 5.70 Å². The molecular weight excluding hydrogens is 138 g/mol. The lowest BCUT2D eigenvalue weighted by molar-refractivity contribution is -0.115. The Labute approximate surface area is 68.5 Å². The zero-order chi connectivity index (χ0) is 8.69. The van der Waals surface area contributed by atoms with Gasteiger partial charge in [-0.3, -0.25) is 4.79 Å². The van der Waals surface area contributed by atoms with Crippen LogP contribution in [-0.2, 0) is 4.79 Å². The zero-order valence-corrected chi connectivity index (χ0v) is 7.39. The number of hydrogen-bond donors (Lipinski definition) is 1. The number of Topliss-reactive ketones (excluding diaryl/α,β-unsaturated/α-hetero) is 1. The van der Waals surface area contributed by atoms with E-state index in [0.717, 1.165) is 19.3 Å². The zero-order valence-electron chi connectivity index (χ0n) is 7.39. The highest BCUT2D eigenvalue weighted by atomic mass is 16.1. The minimum absolute atomic E-state index is 0.0842. The highest BCUT2D eigenvalue weighted by molar-refractivity contribution is 5.94. The third-order valence-corrected chi connectivity index (χ3v) is 1.64. The molecule has 0 rings (SSSR count). The van der Waals surface area contributed by atoms with Crippen LogP contribution in [0.5, 0.6) is 0 Å². The highest BCUT2D eigenvalue weighted by Crippen LogP contribution is 2.02. The Morgan fingerprint density at radius 3 is 2.55 bits per heavy atom. The summed E-state index contributed by atoms with van der Waals surface area (Å²) in [6.07, 6.45) is 5.48. The molecular formula is C9H17NO. The van der Waals surface area contributed by atoms with Crippen molar-refractivity contribution in [3.05, 3.63) is 11.8 Å². The summed E-state index contributed by atoms with van der Waals surface area (Å²) in [5, 5.41) is 0. The third kappa shape index (κ3) is 4.59. The Bertz CT molecular complexity index is 150. The van der Waals surface area contributed by atoms with Crippen LogP contribution < -0.4 is 5.73 Å². The van der Waals surface area contributed by atoms with E-state index in [4.69, 9.17) is 5.73 Å². The van der Waals surface area contributed by atoms with Crippen LogP contribution in [0.1, 0.15) is 39.5 Å². The fourth-order valence-corrected chi connectivity index (χ4v) is 0.841. The molecule has 0 saturated heterocycles. The van der Waals surface area contributed by atoms with Crippen LogP contribution in [0.4, 0.5) is 0 Å². The average Bonchev–Trinajstić information content (AvgIpc) is 2.03. The van der Waals surface area contributed by atoms with Crippen LogP contribution >= 0.6 is 0 Å². The molecule has 64 valence electrons. The lowest BCUT2D eigenvalue weighted by atomic mass is 10.1. The van der Waals surface area contributed by atoms with Crippen molar-refractivity contribution in [2.45, 2.75) is 39.5 Å². The van der Waals surface area contributed by atoms with Gasteiger partial charge in [0, 0.05) is 6.42 Å². The molecule has 2 nitrogen and oxygen atoms in total. The van der Waals surface area contributed by atoms with Crippen LogP contribution in [0.25, 0.3) is 0 Å². The number of carbonyl (C=O) groups is 1. The first-order chi connectivity index (χ1) is 5.22. The molecule has 0 aliphatic carbocycles. The first-order valence-electron chi connectivity index (χ1n) is 4.17. The van der Waals surface area contributed by atoms with E-state index in [-0.39, 0.29) is 5.78 Å². The van der Waals surface area contributed by atoms with E-state index in [1.807, 2.05) is 0 Å². The fourth-order valence-electron chi connectivity index (χ4n) is 0.841. The van der Waals surface area contributed by atoms with Crippen molar-refractivity contribution in [2.24, 2.45) is 5.73 Å². The van der Waals surface area contributed by atoms with Crippen molar-refractivity contribution in [1.82, 2.24) is 0 Å². The number of carbonyl (C=O) groups excluding carboxylic acids is 1. The topological polar surface area (TPSA) is 43.1 Å². The number of ketones is 1. The van der Waals surface area contributed by atoms with Gasteiger partial charge in [0.2, 0.25) is 0 Å². The Morgan fingerprint density at radius 1 is 1.45 bits per heavy atom. The molecule has 11 heavy (non-hydrogen) atoms. The molecule has 0 aromatic rings. The van der Waals surface area contributed by atoms with Gasteiger partial charge < -0.3 is 5.73 Å². The number of allylic oxidation sites excluding steroid dienone is 2. The van der Waals surface area contributed by atoms with Gasteiger partial charge in [0.25, 0.3) is 0 Å². The van der Waals surface area contributed by atoms with E-state index < -0.39 is 0 Å². The molecule has 2 N–H and O–H groups in total. The molecule has 0 aliphatic heterocycles. The van der Waals surface area contributed by atoms with E-state index in [9.17, 15) is 4.79 Å². The van der Waals surface area contributed by atoms with Crippen molar-refractivity contribution in [2.75, 3.05) is 0 Å². The molecule has 0 saturated carbocycles. The first kappa shape index (κ1) is 10.2. The SMILES string of the molecule is CC=C(N)C(=O)CCCCC.